The number of unbranched alkanes of at least 4 members (excludes halogenated alkanes) is 34. The SMILES string of the molecule is CC/C=C\C/C=C\C/C=C\C/C=C\C/C=C\C/C=C\CCCCCCCCCCC(=O)OCC(COC(=O)CCCCCCC/C=C\C/C=C\C/C=C\CC)OC(=O)CCCCCCCCCCCCCCCCCCCCCCCC. The first kappa shape index (κ1) is 78.1. The zero-order valence-electron chi connectivity index (χ0n) is 54.0. The van der Waals surface area contributed by atoms with Gasteiger partial charge in [0.25, 0.3) is 0 Å². The third kappa shape index (κ3) is 66.9. The number of hydrogen-bond acceptors (Lipinski definition) is 6. The Labute approximate surface area is 508 Å². The average molecular weight is 1140 g/mol. The molecule has 0 heterocycles. The summed E-state index contributed by atoms with van der Waals surface area (Å²) in [6.45, 7) is 6.44. The van der Waals surface area contributed by atoms with E-state index in [2.05, 4.69) is 130 Å². The van der Waals surface area contributed by atoms with E-state index in [1.165, 1.54) is 154 Å². The summed E-state index contributed by atoms with van der Waals surface area (Å²) < 4.78 is 17.0. The second-order valence-corrected chi connectivity index (χ2v) is 23.0. The molecule has 470 valence electrons. The summed E-state index contributed by atoms with van der Waals surface area (Å²) in [6.07, 6.45) is 95.4. The van der Waals surface area contributed by atoms with Gasteiger partial charge in [-0.2, -0.15) is 0 Å². The fourth-order valence-electron chi connectivity index (χ4n) is 9.88. The number of esters is 3. The van der Waals surface area contributed by atoms with Gasteiger partial charge in [-0.25, -0.2) is 0 Å². The summed E-state index contributed by atoms with van der Waals surface area (Å²) in [6, 6.07) is 0. The Morgan fingerprint density at radius 2 is 0.476 bits per heavy atom. The third-order valence-corrected chi connectivity index (χ3v) is 15.0. The molecule has 0 aromatic rings. The second-order valence-electron chi connectivity index (χ2n) is 23.0. The van der Waals surface area contributed by atoms with Crippen LogP contribution in [0, 0.1) is 0 Å². The van der Waals surface area contributed by atoms with Gasteiger partial charge in [-0.3, -0.25) is 14.4 Å². The van der Waals surface area contributed by atoms with Crippen LogP contribution in [0.4, 0.5) is 0 Å². The summed E-state index contributed by atoms with van der Waals surface area (Å²) in [5, 5.41) is 0. The first-order chi connectivity index (χ1) is 40.5. The number of rotatable bonds is 63. The van der Waals surface area contributed by atoms with Crippen LogP contribution in [0.2, 0.25) is 0 Å². The Morgan fingerprint density at radius 1 is 0.256 bits per heavy atom. The highest BCUT2D eigenvalue weighted by molar-refractivity contribution is 5.71. The Morgan fingerprint density at radius 3 is 0.744 bits per heavy atom. The van der Waals surface area contributed by atoms with Gasteiger partial charge >= 0.3 is 17.9 Å². The van der Waals surface area contributed by atoms with Crippen LogP contribution in [0.3, 0.4) is 0 Å². The highest BCUT2D eigenvalue weighted by Gasteiger charge is 2.19. The minimum absolute atomic E-state index is 0.0865. The van der Waals surface area contributed by atoms with E-state index in [1.807, 2.05) is 0 Å². The number of hydrogen-bond donors (Lipinski definition) is 0. The lowest BCUT2D eigenvalue weighted by Gasteiger charge is -2.18. The van der Waals surface area contributed by atoms with Gasteiger partial charge in [-0.15, -0.1) is 0 Å². The van der Waals surface area contributed by atoms with Crippen LogP contribution >= 0.6 is 0 Å². The summed E-state index contributed by atoms with van der Waals surface area (Å²) in [5.41, 5.74) is 0. The van der Waals surface area contributed by atoms with Gasteiger partial charge in [0.1, 0.15) is 13.2 Å². The number of carbonyl (C=O) groups is 3. The van der Waals surface area contributed by atoms with Gasteiger partial charge in [-0.05, 0) is 103 Å². The van der Waals surface area contributed by atoms with Crippen molar-refractivity contribution in [2.24, 2.45) is 0 Å². The van der Waals surface area contributed by atoms with Crippen molar-refractivity contribution >= 4 is 17.9 Å². The lowest BCUT2D eigenvalue weighted by Crippen LogP contribution is -2.30. The number of allylic oxidation sites excluding steroid dienone is 18. The molecule has 0 amide bonds. The van der Waals surface area contributed by atoms with Crippen LogP contribution in [-0.2, 0) is 28.6 Å². The smallest absolute Gasteiger partial charge is 0.306 e. The van der Waals surface area contributed by atoms with Gasteiger partial charge in [0, 0.05) is 19.3 Å². The third-order valence-electron chi connectivity index (χ3n) is 15.0. The molecule has 0 aromatic heterocycles. The van der Waals surface area contributed by atoms with Crippen LogP contribution < -0.4 is 0 Å². The molecule has 0 rings (SSSR count). The predicted octanol–water partition coefficient (Wildman–Crippen LogP) is 24.2. The van der Waals surface area contributed by atoms with E-state index in [9.17, 15) is 14.4 Å². The number of carbonyl (C=O) groups excluding carboxylic acids is 3. The van der Waals surface area contributed by atoms with Crippen molar-refractivity contribution in [1.29, 1.82) is 0 Å². The molecule has 6 heteroatoms. The number of ether oxygens (including phenoxy) is 3. The molecule has 0 bridgehead atoms. The van der Waals surface area contributed by atoms with Crippen LogP contribution in [0.25, 0.3) is 0 Å². The van der Waals surface area contributed by atoms with Crippen LogP contribution in [-0.4, -0.2) is 37.2 Å². The molecule has 0 N–H and O–H groups in total. The van der Waals surface area contributed by atoms with E-state index in [0.29, 0.717) is 19.3 Å². The van der Waals surface area contributed by atoms with Crippen LogP contribution in [0.1, 0.15) is 335 Å². The first-order valence-electron chi connectivity index (χ1n) is 34.9. The lowest BCUT2D eigenvalue weighted by atomic mass is 10.0. The van der Waals surface area contributed by atoms with Gasteiger partial charge in [0.05, 0.1) is 0 Å². The Hall–Kier alpha value is -3.93. The molecule has 0 fully saturated rings. The van der Waals surface area contributed by atoms with Gasteiger partial charge < -0.3 is 14.2 Å². The Balaban J connectivity index is 4.35. The van der Waals surface area contributed by atoms with Gasteiger partial charge in [-0.1, -0.05) is 323 Å². The molecule has 0 aromatic carbocycles. The van der Waals surface area contributed by atoms with Crippen molar-refractivity contribution in [3.63, 3.8) is 0 Å². The maximum atomic E-state index is 13.0. The van der Waals surface area contributed by atoms with Crippen molar-refractivity contribution < 1.29 is 28.6 Å². The molecule has 0 spiro atoms. The topological polar surface area (TPSA) is 78.9 Å². The van der Waals surface area contributed by atoms with E-state index in [1.54, 1.807) is 0 Å². The summed E-state index contributed by atoms with van der Waals surface area (Å²) in [4.78, 5) is 38.5. The molecular weight excluding hydrogens is 1010 g/mol. The van der Waals surface area contributed by atoms with E-state index in [-0.39, 0.29) is 31.1 Å². The molecular formula is C76H130O6. The largest absolute Gasteiger partial charge is 0.462 e. The Bertz CT molecular complexity index is 1640. The van der Waals surface area contributed by atoms with E-state index >= 15 is 0 Å². The maximum absolute atomic E-state index is 13.0. The monoisotopic (exact) mass is 1140 g/mol. The summed E-state index contributed by atoms with van der Waals surface area (Å²) in [7, 11) is 0. The molecule has 0 saturated heterocycles. The van der Waals surface area contributed by atoms with Crippen molar-refractivity contribution in [3.8, 4) is 0 Å². The zero-order chi connectivity index (χ0) is 59.2. The molecule has 1 atom stereocenters. The van der Waals surface area contributed by atoms with E-state index in [0.717, 1.165) is 141 Å². The first-order valence-corrected chi connectivity index (χ1v) is 34.9. The quantitative estimate of drug-likeness (QED) is 0.0261. The van der Waals surface area contributed by atoms with E-state index in [4.69, 9.17) is 14.2 Å². The normalized spacial score (nSPS) is 12.8. The van der Waals surface area contributed by atoms with Crippen LogP contribution in [0.5, 0.6) is 0 Å². The second kappa shape index (κ2) is 69.6. The minimum Gasteiger partial charge on any atom is -0.462 e. The molecule has 0 aliphatic heterocycles. The van der Waals surface area contributed by atoms with Crippen LogP contribution in [0.15, 0.2) is 109 Å². The van der Waals surface area contributed by atoms with Crippen molar-refractivity contribution in [2.75, 3.05) is 13.2 Å². The van der Waals surface area contributed by atoms with Crippen molar-refractivity contribution in [2.45, 2.75) is 341 Å². The highest BCUT2D eigenvalue weighted by atomic mass is 16.6. The molecule has 1 unspecified atom stereocenters. The zero-order valence-corrected chi connectivity index (χ0v) is 54.0. The standard InChI is InChI=1S/C76H130O6/c1-4-7-10-13-16-19-22-25-28-30-32-34-36-37-38-39-40-42-43-45-48-51-54-57-60-63-66-69-75(78)81-72-73(71-80-74(77)68-65-62-59-56-53-50-47-27-24-21-18-15-12-9-6-3)82-76(79)70-67-64-61-58-55-52-49-46-44-41-35-33-31-29-26-23-20-17-14-11-8-5-2/h7,9-10,12,16,18-19,21,25,27-28,32,34,37-38,40,42,47,73H,4-6,8,11,13-15,17,20,22-24,26,29-31,33,35-36,39,41,43-46,48-72H2,1-3H3/b10-7-,12-9-,19-16-,21-18-,28-25-,34-32-,38-37-,42-40-,47-27-. The average Bonchev–Trinajstić information content (AvgIpc) is 3.47. The molecule has 0 radical (unpaired) electrons. The maximum Gasteiger partial charge on any atom is 0.306 e. The summed E-state index contributed by atoms with van der Waals surface area (Å²) in [5.74, 6) is -0.896. The van der Waals surface area contributed by atoms with Gasteiger partial charge in [0.15, 0.2) is 6.10 Å². The van der Waals surface area contributed by atoms with E-state index < -0.39 is 6.10 Å². The fraction of sp³-hybridized carbons (Fsp3) is 0.724. The highest BCUT2D eigenvalue weighted by Crippen LogP contribution is 2.17. The molecule has 0 saturated carbocycles. The molecule has 0 aliphatic carbocycles. The fourth-order valence-corrected chi connectivity index (χ4v) is 9.88. The molecule has 6 nitrogen and oxygen atoms in total. The van der Waals surface area contributed by atoms with Crippen molar-refractivity contribution in [3.05, 3.63) is 109 Å². The molecule has 82 heavy (non-hydrogen) atoms. The van der Waals surface area contributed by atoms with Gasteiger partial charge in [0.2, 0.25) is 0 Å². The summed E-state index contributed by atoms with van der Waals surface area (Å²) >= 11 is 0. The predicted molar refractivity (Wildman–Crippen MR) is 357 cm³/mol. The Kier molecular flexibility index (Phi) is 66.2. The molecule has 0 aliphatic rings. The minimum atomic E-state index is -0.791. The lowest BCUT2D eigenvalue weighted by molar-refractivity contribution is -0.167. The van der Waals surface area contributed by atoms with Crippen molar-refractivity contribution in [1.82, 2.24) is 0 Å².